The summed E-state index contributed by atoms with van der Waals surface area (Å²) < 4.78 is 128. The van der Waals surface area contributed by atoms with Crippen LogP contribution in [0.15, 0.2) is 171 Å². The normalized spacial score (nSPS) is 24.2. The Morgan fingerprint density at radius 3 is 1.11 bits per heavy atom. The van der Waals surface area contributed by atoms with Crippen LogP contribution in [0.2, 0.25) is 0 Å². The minimum absolute atomic E-state index is 0.0392. The second-order valence-electron chi connectivity index (χ2n) is 35.4. The fourth-order valence-electron chi connectivity index (χ4n) is 18.3. The summed E-state index contributed by atoms with van der Waals surface area (Å²) >= 11 is 24.4. The van der Waals surface area contributed by atoms with E-state index in [1.54, 1.807) is 116 Å². The first-order chi connectivity index (χ1) is 72.9. The molecule has 5 unspecified atom stereocenters. The van der Waals surface area contributed by atoms with Gasteiger partial charge in [0.05, 0.1) is 126 Å². The number of methoxy groups -OCH3 is 11. The van der Waals surface area contributed by atoms with Gasteiger partial charge in [-0.1, -0.05) is 112 Å². The molecule has 19 atom stereocenters. The molecule has 20 rings (SSSR count). The second-order valence-corrected chi connectivity index (χ2v) is 42.2. The van der Waals surface area contributed by atoms with Crippen LogP contribution in [0.5, 0.6) is 40.2 Å². The monoisotopic (exact) mass is 2220 g/mol. The third kappa shape index (κ3) is 25.1. The highest BCUT2D eigenvalue weighted by molar-refractivity contribution is 8.01. The molecule has 150 heavy (non-hydrogen) atoms. The number of fused-ring (bicyclic) bond motifs is 10. The Kier molecular flexibility index (Phi) is 40.1. The van der Waals surface area contributed by atoms with Gasteiger partial charge in [0.15, 0.2) is 41.8 Å². The van der Waals surface area contributed by atoms with E-state index in [0.29, 0.717) is 126 Å². The molecule has 10 aromatic rings. The summed E-state index contributed by atoms with van der Waals surface area (Å²) in [4.78, 5) is 55.4. The van der Waals surface area contributed by atoms with E-state index in [2.05, 4.69) is 84.4 Å². The van der Waals surface area contributed by atoms with Crippen molar-refractivity contribution in [1.82, 2.24) is 47.8 Å². The van der Waals surface area contributed by atoms with E-state index in [1.165, 1.54) is 46.9 Å². The largest absolute Gasteiger partial charge is 0.491 e. The van der Waals surface area contributed by atoms with Crippen molar-refractivity contribution in [3.8, 4) is 40.2 Å². The minimum atomic E-state index is -1.03. The van der Waals surface area contributed by atoms with E-state index in [0.717, 1.165) is 123 Å². The molecule has 10 aliphatic rings. The average molecular weight is 2220 g/mol. The minimum Gasteiger partial charge on any atom is -0.491 e. The Morgan fingerprint density at radius 2 is 0.693 bits per heavy atom. The average Bonchev–Trinajstić information content (AvgIpc) is 1.25. The number of aliphatic hydroxyl groups excluding tert-OH is 3. The van der Waals surface area contributed by atoms with E-state index >= 15 is 0 Å². The van der Waals surface area contributed by atoms with Crippen molar-refractivity contribution in [1.29, 1.82) is 0 Å². The fourth-order valence-corrected chi connectivity index (χ4v) is 24.6. The van der Waals surface area contributed by atoms with Crippen LogP contribution in [0, 0.1) is 14.3 Å². The van der Waals surface area contributed by atoms with Gasteiger partial charge in [0.25, 0.3) is 0 Å². The maximum atomic E-state index is 12.8. The van der Waals surface area contributed by atoms with Gasteiger partial charge in [0, 0.05) is 129 Å². The van der Waals surface area contributed by atoms with Crippen LogP contribution in [0.4, 0.5) is 57.5 Å². The molecule has 5 aromatic heterocycles. The van der Waals surface area contributed by atoms with E-state index in [-0.39, 0.29) is 48.6 Å². The molecule has 0 amide bonds. The highest BCUT2D eigenvalue weighted by Gasteiger charge is 2.51. The first kappa shape index (κ1) is 113. The van der Waals surface area contributed by atoms with Crippen molar-refractivity contribution in [2.24, 2.45) is 0 Å². The van der Waals surface area contributed by atoms with Crippen LogP contribution in [0.1, 0.15) is 103 Å². The van der Waals surface area contributed by atoms with Crippen LogP contribution in [-0.4, -0.2) is 292 Å². The molecule has 8 N–H and O–H groups in total. The summed E-state index contributed by atoms with van der Waals surface area (Å²) in [5.41, 5.74) is 3.15. The number of hydrogen-bond acceptors (Lipinski definition) is 44. The van der Waals surface area contributed by atoms with Gasteiger partial charge in [0.2, 0.25) is 14.3 Å². The molecule has 0 spiro atoms. The highest BCUT2D eigenvalue weighted by Crippen LogP contribution is 2.55. The lowest BCUT2D eigenvalue weighted by Crippen LogP contribution is -2.37. The van der Waals surface area contributed by atoms with E-state index in [9.17, 15) is 24.9 Å². The SMILES string of the molecule is CCCOc1cccc2c1Nc1nc(=O)n([C@@H]3O[C@H](COC)C(OC)[C@@H]3O)cc1S2.CCCOc1cccc2c1Nc1nc(=O)n([C@@H]3S[C@H](COC)C(OC)[C@@H]3O)cc1O2.CCCOc1cccc2c1Nc1nc(=S)n([C@@H]3O[C@H](COC)C(OC)[C@@H]3O)cc1S2.CCCOc1cccc2c1Nc1nc(=S)n([C@@H]3O[C@H](COC)C(OC)[C@@H]3OC)cc1S2.CCCOc1cccc2c1Nc1nc(=S)n([C@H]3CC(OC)[C@@H](COC)O3)cc1S2. The number of nitrogens with one attached hydrogen (secondary N) is 5. The quantitative estimate of drug-likeness (QED) is 0.0169. The van der Waals surface area contributed by atoms with Crippen molar-refractivity contribution in [2.75, 3.05) is 171 Å². The molecule has 810 valence electrons. The molecule has 41 nitrogen and oxygen atoms in total. The zero-order valence-corrected chi connectivity index (χ0v) is 92.3. The van der Waals surface area contributed by atoms with Crippen molar-refractivity contribution < 1.29 is 115 Å². The van der Waals surface area contributed by atoms with Gasteiger partial charge in [-0.3, -0.25) is 22.8 Å². The van der Waals surface area contributed by atoms with Crippen molar-refractivity contribution in [3.63, 3.8) is 0 Å². The Balaban J connectivity index is 0.000000133. The smallest absolute Gasteiger partial charge is 0.351 e. The van der Waals surface area contributed by atoms with Gasteiger partial charge in [-0.05, 0) is 129 Å². The van der Waals surface area contributed by atoms with Crippen LogP contribution < -0.4 is 66.4 Å². The number of para-hydroxylation sites is 5. The van der Waals surface area contributed by atoms with Gasteiger partial charge in [0.1, 0.15) is 137 Å². The molecule has 5 saturated heterocycles. The fraction of sp³-hybridized carbons (Fsp3) is 0.505. The third-order valence-corrected chi connectivity index (χ3v) is 32.0. The number of thioether (sulfide) groups is 1. The van der Waals surface area contributed by atoms with Crippen LogP contribution in [-0.2, 0) is 71.1 Å². The van der Waals surface area contributed by atoms with E-state index in [4.69, 9.17) is 136 Å². The number of aromatic nitrogens is 10. The maximum absolute atomic E-state index is 12.8. The predicted octanol–water partition coefficient (Wildman–Crippen LogP) is 16.9. The summed E-state index contributed by atoms with van der Waals surface area (Å²) in [5.74, 6) is 7.62. The lowest BCUT2D eigenvalue weighted by Gasteiger charge is -2.26. The molecule has 15 heterocycles. The summed E-state index contributed by atoms with van der Waals surface area (Å²) in [6.45, 7) is 15.3. The topological polar surface area (TPSA) is 438 Å². The Morgan fingerprint density at radius 1 is 0.347 bits per heavy atom. The summed E-state index contributed by atoms with van der Waals surface area (Å²) in [7, 11) is 17.6. The number of ether oxygens (including phenoxy) is 21. The van der Waals surface area contributed by atoms with E-state index < -0.39 is 84.3 Å². The van der Waals surface area contributed by atoms with Gasteiger partial charge < -0.3 is 141 Å². The molecule has 5 fully saturated rings. The number of anilines is 10. The highest BCUT2D eigenvalue weighted by atomic mass is 32.2. The zero-order chi connectivity index (χ0) is 106. The maximum Gasteiger partial charge on any atom is 0.351 e. The molecule has 0 bridgehead atoms. The molecule has 0 radical (unpaired) electrons. The Hall–Kier alpha value is -9.41. The summed E-state index contributed by atoms with van der Waals surface area (Å²) in [6, 6.07) is 29.3. The Bertz CT molecular complexity index is 6260. The van der Waals surface area contributed by atoms with E-state index in [1.807, 2.05) is 120 Å². The number of rotatable bonds is 36. The van der Waals surface area contributed by atoms with Crippen molar-refractivity contribution >= 4 is 153 Å². The van der Waals surface area contributed by atoms with Crippen molar-refractivity contribution in [3.05, 3.63) is 157 Å². The van der Waals surface area contributed by atoms with Crippen LogP contribution in [0.25, 0.3) is 0 Å². The molecule has 5 aromatic carbocycles. The number of hydrogen-bond donors (Lipinski definition) is 8. The first-order valence-electron chi connectivity index (χ1n) is 49.1. The molecular weight excluding hydrogens is 2100 g/mol. The Labute approximate surface area is 904 Å². The summed E-state index contributed by atoms with van der Waals surface area (Å²) in [6.07, 6.45) is 5.66. The summed E-state index contributed by atoms with van der Waals surface area (Å²) in [5, 5.41) is 48.0. The van der Waals surface area contributed by atoms with Gasteiger partial charge in [-0.2, -0.15) is 9.97 Å². The van der Waals surface area contributed by atoms with Gasteiger partial charge in [-0.15, -0.1) is 11.8 Å². The lowest BCUT2D eigenvalue weighted by molar-refractivity contribution is -0.0666. The zero-order valence-electron chi connectivity index (χ0n) is 85.8. The van der Waals surface area contributed by atoms with Gasteiger partial charge in [-0.25, -0.2) is 24.5 Å². The molecule has 49 heteroatoms. The first-order valence-corrected chi connectivity index (χ1v) is 54.5. The molecular formula is C101H127N15O26S8. The molecule has 10 aliphatic heterocycles. The van der Waals surface area contributed by atoms with Gasteiger partial charge >= 0.3 is 11.4 Å². The van der Waals surface area contributed by atoms with Crippen LogP contribution in [0.3, 0.4) is 0 Å². The third-order valence-electron chi connectivity index (χ3n) is 25.3. The van der Waals surface area contributed by atoms with Crippen molar-refractivity contribution in [2.45, 2.75) is 227 Å². The predicted molar refractivity (Wildman–Crippen MR) is 573 cm³/mol. The lowest BCUT2D eigenvalue weighted by atomic mass is 10.1. The van der Waals surface area contributed by atoms with Crippen LogP contribution >= 0.6 is 95.5 Å². The number of aliphatic hydroxyl groups is 3. The standard InChI is InChI=1S/C21H27N3O5S2.2C20H25N3O6S.C20H25N3O5S2.C20H25N3O4S2/c1-5-9-28-12-7-6-8-14-16(12)22-19-15(31-14)10-24(21(30)23-19)20-18(27-4)17(26-3)13(29-20)11-25-2;1-4-8-28-11-6-5-7-13-15(11)21-18-14(30-13)9-23(20(25)22-18)19-16(24)17(27-3)12(29-19)10-26-2;1-4-8-28-11-6-5-7-12-15(11)21-18-13(29-12)9-23(20(25)22-18)19-16(24)17(27-3)14(30-19)10-26-2;1-4-8-27-11-6-5-7-13-15(11)21-18-14(30-13)9-23(20(29)22-18)19-16(24)17(26-3)12(28-19)10-25-2;1-4-8-26-12-6-5-7-15-18(12)21-19-16(29-15)10-23(20(28)22-19)17-9-13(25-3)14(27-17)11-24-2/h6-8,10,13,17-18,20H,5,9,11H2,1-4H3,(H,22,23,30);5-7,9,12,16-17,19,24H,4,8,10H2,1-3H3,(H,21,22,25);5-7,9,14,16-17,19,24H,4,8,10H2,1-3H3,(H,21,22,25);5-7,9,12,16-17,19,24H,4,8,10H2,1-3H3,(H,21,22,29);5-7,10,13-14,17H,4,8-9,11H2,1-3H3,(H,21,22,28)/t13-,17?,18+,20-;12-,16+,17?,19-;14-,16+,17?,19-;12-,16+,17?,19-;13?,14-,17-/m11111/s1. The number of benzene rings is 5. The molecule has 0 aliphatic carbocycles. The molecule has 0 saturated carbocycles. The number of nitrogens with zero attached hydrogens (tertiary/aromatic N) is 10. The second kappa shape index (κ2) is 53.2.